The molecule has 0 amide bonds. The summed E-state index contributed by atoms with van der Waals surface area (Å²) in [7, 11) is 2.19. The summed E-state index contributed by atoms with van der Waals surface area (Å²) in [6.45, 7) is 8.00. The molecule has 1 aromatic carbocycles. The van der Waals surface area contributed by atoms with Crippen LogP contribution in [0.2, 0.25) is 0 Å². The molecule has 1 saturated heterocycles. The van der Waals surface area contributed by atoms with Crippen molar-refractivity contribution in [2.75, 3.05) is 20.1 Å². The maximum absolute atomic E-state index is 5.80. The van der Waals surface area contributed by atoms with E-state index in [4.69, 9.17) is 4.42 Å². The minimum Gasteiger partial charge on any atom is -0.444 e. The molecule has 0 aliphatic carbocycles. The van der Waals surface area contributed by atoms with Gasteiger partial charge in [-0.1, -0.05) is 30.3 Å². The van der Waals surface area contributed by atoms with E-state index in [0.717, 1.165) is 37.0 Å². The quantitative estimate of drug-likeness (QED) is 0.849. The average molecular weight is 299 g/mol. The second kappa shape index (κ2) is 6.63. The van der Waals surface area contributed by atoms with Gasteiger partial charge in [-0.25, -0.2) is 4.98 Å². The largest absolute Gasteiger partial charge is 0.444 e. The van der Waals surface area contributed by atoms with Gasteiger partial charge in [0.05, 0.1) is 12.2 Å². The van der Waals surface area contributed by atoms with Gasteiger partial charge >= 0.3 is 0 Å². The van der Waals surface area contributed by atoms with Crippen molar-refractivity contribution in [2.24, 2.45) is 0 Å². The normalized spacial score (nSPS) is 19.2. The third kappa shape index (κ3) is 3.57. The minimum atomic E-state index is 0.567. The summed E-state index contributed by atoms with van der Waals surface area (Å²) < 4.78 is 5.80. The van der Waals surface area contributed by atoms with E-state index >= 15 is 0 Å². The van der Waals surface area contributed by atoms with Crippen LogP contribution in [-0.4, -0.2) is 41.0 Å². The molecule has 0 N–H and O–H groups in total. The molecule has 0 saturated carbocycles. The molecule has 0 radical (unpaired) electrons. The van der Waals surface area contributed by atoms with E-state index in [1.165, 1.54) is 18.5 Å². The molecule has 1 aromatic heterocycles. The summed E-state index contributed by atoms with van der Waals surface area (Å²) in [4.78, 5) is 9.46. The first kappa shape index (κ1) is 15.3. The molecule has 1 fully saturated rings. The number of hydrogen-bond donors (Lipinski definition) is 0. The number of aromatic nitrogens is 1. The maximum atomic E-state index is 5.80. The molecule has 0 unspecified atom stereocenters. The van der Waals surface area contributed by atoms with Crippen LogP contribution in [0.1, 0.15) is 29.3 Å². The number of benzene rings is 1. The molecular weight excluding hydrogens is 274 g/mol. The highest BCUT2D eigenvalue weighted by molar-refractivity contribution is 5.15. The number of aryl methyl sites for hydroxylation is 2. The lowest BCUT2D eigenvalue weighted by atomic mass is 10.1. The van der Waals surface area contributed by atoms with E-state index in [-0.39, 0.29) is 0 Å². The van der Waals surface area contributed by atoms with Crippen LogP contribution in [0.4, 0.5) is 0 Å². The highest BCUT2D eigenvalue weighted by Gasteiger charge is 2.27. The topological polar surface area (TPSA) is 32.5 Å². The molecule has 118 valence electrons. The SMILES string of the molecule is Cc1nc(CN(Cc2ccccc2)[C@@H]2CCN(C)C2)oc1C. The van der Waals surface area contributed by atoms with Crippen LogP contribution in [0.25, 0.3) is 0 Å². The predicted molar refractivity (Wildman–Crippen MR) is 87.6 cm³/mol. The van der Waals surface area contributed by atoms with Crippen molar-refractivity contribution in [1.82, 2.24) is 14.8 Å². The zero-order valence-corrected chi connectivity index (χ0v) is 13.7. The van der Waals surface area contributed by atoms with Crippen LogP contribution < -0.4 is 0 Å². The summed E-state index contributed by atoms with van der Waals surface area (Å²) in [5.41, 5.74) is 2.34. The molecule has 4 nitrogen and oxygen atoms in total. The molecule has 2 heterocycles. The van der Waals surface area contributed by atoms with Crippen molar-refractivity contribution < 1.29 is 4.42 Å². The van der Waals surface area contributed by atoms with Crippen LogP contribution in [0, 0.1) is 13.8 Å². The lowest BCUT2D eigenvalue weighted by molar-refractivity contribution is 0.163. The van der Waals surface area contributed by atoms with Gasteiger partial charge in [0.1, 0.15) is 5.76 Å². The standard InChI is InChI=1S/C18H25N3O/c1-14-15(2)22-18(19-14)13-21(17-9-10-20(3)12-17)11-16-7-5-4-6-8-16/h4-8,17H,9-13H2,1-3H3/t17-/m1/s1. The first-order valence-electron chi connectivity index (χ1n) is 8.01. The van der Waals surface area contributed by atoms with Crippen molar-refractivity contribution in [3.8, 4) is 0 Å². The second-order valence-electron chi connectivity index (χ2n) is 6.34. The third-order valence-corrected chi connectivity index (χ3v) is 4.52. The zero-order chi connectivity index (χ0) is 15.5. The Morgan fingerprint density at radius 3 is 2.59 bits per heavy atom. The highest BCUT2D eigenvalue weighted by atomic mass is 16.4. The van der Waals surface area contributed by atoms with Gasteiger partial charge in [-0.3, -0.25) is 4.90 Å². The second-order valence-corrected chi connectivity index (χ2v) is 6.34. The van der Waals surface area contributed by atoms with E-state index in [9.17, 15) is 0 Å². The van der Waals surface area contributed by atoms with Crippen molar-refractivity contribution in [1.29, 1.82) is 0 Å². The highest BCUT2D eigenvalue weighted by Crippen LogP contribution is 2.20. The molecule has 0 spiro atoms. The van der Waals surface area contributed by atoms with Gasteiger partial charge < -0.3 is 9.32 Å². The lowest BCUT2D eigenvalue weighted by Crippen LogP contribution is -2.36. The first-order valence-corrected chi connectivity index (χ1v) is 8.01. The van der Waals surface area contributed by atoms with Gasteiger partial charge in [0.2, 0.25) is 5.89 Å². The van der Waals surface area contributed by atoms with E-state index in [0.29, 0.717) is 6.04 Å². The smallest absolute Gasteiger partial charge is 0.208 e. The Labute approximate surface area is 132 Å². The molecule has 1 atom stereocenters. The van der Waals surface area contributed by atoms with Crippen molar-refractivity contribution in [3.63, 3.8) is 0 Å². The van der Waals surface area contributed by atoms with Crippen molar-refractivity contribution >= 4 is 0 Å². The zero-order valence-electron chi connectivity index (χ0n) is 13.7. The third-order valence-electron chi connectivity index (χ3n) is 4.52. The van der Waals surface area contributed by atoms with Gasteiger partial charge in [0.15, 0.2) is 0 Å². The van der Waals surface area contributed by atoms with Gasteiger partial charge in [0.25, 0.3) is 0 Å². The van der Waals surface area contributed by atoms with Gasteiger partial charge in [-0.05, 0) is 39.4 Å². The molecule has 22 heavy (non-hydrogen) atoms. The monoisotopic (exact) mass is 299 g/mol. The summed E-state index contributed by atoms with van der Waals surface area (Å²) in [5, 5.41) is 0. The van der Waals surface area contributed by atoms with Crippen LogP contribution >= 0.6 is 0 Å². The fourth-order valence-electron chi connectivity index (χ4n) is 3.12. The molecule has 1 aliphatic rings. The number of rotatable bonds is 5. The predicted octanol–water partition coefficient (Wildman–Crippen LogP) is 3.00. The fourth-order valence-corrected chi connectivity index (χ4v) is 3.12. The van der Waals surface area contributed by atoms with Crippen LogP contribution in [0.15, 0.2) is 34.7 Å². The Kier molecular flexibility index (Phi) is 4.60. The van der Waals surface area contributed by atoms with E-state index < -0.39 is 0 Å². The summed E-state index contributed by atoms with van der Waals surface area (Å²) in [6, 6.07) is 11.2. The van der Waals surface area contributed by atoms with Gasteiger partial charge in [-0.2, -0.15) is 0 Å². The first-order chi connectivity index (χ1) is 10.6. The summed E-state index contributed by atoms with van der Waals surface area (Å²) in [6.07, 6.45) is 1.21. The Balaban J connectivity index is 1.76. The van der Waals surface area contributed by atoms with E-state index in [1.54, 1.807) is 0 Å². The molecule has 1 aliphatic heterocycles. The fraction of sp³-hybridized carbons (Fsp3) is 0.500. The summed E-state index contributed by atoms with van der Waals surface area (Å²) >= 11 is 0. The molecular formula is C18H25N3O. The number of nitrogens with zero attached hydrogens (tertiary/aromatic N) is 3. The van der Waals surface area contributed by atoms with Crippen molar-refractivity contribution in [2.45, 2.75) is 39.4 Å². The van der Waals surface area contributed by atoms with E-state index in [1.807, 2.05) is 13.8 Å². The average Bonchev–Trinajstić information content (AvgIpc) is 3.06. The minimum absolute atomic E-state index is 0.567. The van der Waals surface area contributed by atoms with Gasteiger partial charge in [0, 0.05) is 19.1 Å². The molecule has 2 aromatic rings. The number of likely N-dealkylation sites (N-methyl/N-ethyl adjacent to an activating group) is 1. The Morgan fingerprint density at radius 1 is 1.23 bits per heavy atom. The number of likely N-dealkylation sites (tertiary alicyclic amines) is 1. The number of hydrogen-bond acceptors (Lipinski definition) is 4. The Bertz CT molecular complexity index is 589. The van der Waals surface area contributed by atoms with Crippen LogP contribution in [-0.2, 0) is 13.1 Å². The molecule has 0 bridgehead atoms. The van der Waals surface area contributed by atoms with E-state index in [2.05, 4.69) is 52.2 Å². The maximum Gasteiger partial charge on any atom is 0.208 e. The lowest BCUT2D eigenvalue weighted by Gasteiger charge is -2.27. The Morgan fingerprint density at radius 2 is 2.00 bits per heavy atom. The van der Waals surface area contributed by atoms with Gasteiger partial charge in [-0.15, -0.1) is 0 Å². The molecule has 4 heteroatoms. The number of oxazole rings is 1. The van der Waals surface area contributed by atoms with Crippen LogP contribution in [0.3, 0.4) is 0 Å². The molecule has 3 rings (SSSR count). The van der Waals surface area contributed by atoms with Crippen molar-refractivity contribution in [3.05, 3.63) is 53.2 Å². The Hall–Kier alpha value is -1.65. The summed E-state index contributed by atoms with van der Waals surface area (Å²) in [5.74, 6) is 1.76. The van der Waals surface area contributed by atoms with Crippen LogP contribution in [0.5, 0.6) is 0 Å².